The van der Waals surface area contributed by atoms with E-state index in [0.717, 1.165) is 5.52 Å². The molecule has 3 aromatic rings. The van der Waals surface area contributed by atoms with Crippen LogP contribution in [0.3, 0.4) is 0 Å². The monoisotopic (exact) mass is 254 g/mol. The van der Waals surface area contributed by atoms with Gasteiger partial charge in [0.1, 0.15) is 5.52 Å². The average Bonchev–Trinajstić information content (AvgIpc) is 2.85. The normalized spacial score (nSPS) is 10.8. The third-order valence-corrected chi connectivity index (χ3v) is 2.88. The van der Waals surface area contributed by atoms with Crippen LogP contribution in [0.25, 0.3) is 11.2 Å². The molecule has 0 fully saturated rings. The molecule has 0 saturated carbocycles. The van der Waals surface area contributed by atoms with Crippen molar-refractivity contribution in [3.05, 3.63) is 41.7 Å². The van der Waals surface area contributed by atoms with Crippen molar-refractivity contribution in [3.63, 3.8) is 0 Å². The van der Waals surface area contributed by atoms with Crippen LogP contribution in [0.1, 0.15) is 11.1 Å². The van der Waals surface area contributed by atoms with E-state index in [2.05, 4.69) is 56.4 Å². The van der Waals surface area contributed by atoms with Gasteiger partial charge in [0.25, 0.3) is 0 Å². The molecule has 2 aromatic heterocycles. The Morgan fingerprint density at radius 1 is 1.21 bits per heavy atom. The van der Waals surface area contributed by atoms with Gasteiger partial charge in [0, 0.05) is 6.54 Å². The Labute approximate surface area is 110 Å². The number of nitrogen functional groups attached to an aromatic ring is 1. The molecule has 6 heteroatoms. The minimum Gasteiger partial charge on any atom is -0.368 e. The van der Waals surface area contributed by atoms with E-state index >= 15 is 0 Å². The van der Waals surface area contributed by atoms with Gasteiger partial charge in [-0.3, -0.25) is 0 Å². The summed E-state index contributed by atoms with van der Waals surface area (Å²) in [5, 5.41) is 3.25. The van der Waals surface area contributed by atoms with Gasteiger partial charge in [-0.05, 0) is 12.5 Å². The molecule has 0 aliphatic rings. The van der Waals surface area contributed by atoms with Crippen LogP contribution in [0, 0.1) is 6.92 Å². The molecule has 3 rings (SSSR count). The van der Waals surface area contributed by atoms with E-state index in [9.17, 15) is 0 Å². The largest absolute Gasteiger partial charge is 0.368 e. The maximum absolute atomic E-state index is 5.66. The summed E-state index contributed by atoms with van der Waals surface area (Å²) in [6, 6.07) is 8.32. The lowest BCUT2D eigenvalue weighted by molar-refractivity contribution is 1.10. The summed E-state index contributed by atoms with van der Waals surface area (Å²) in [7, 11) is 0. The van der Waals surface area contributed by atoms with Gasteiger partial charge in [-0.2, -0.15) is 9.97 Å². The predicted molar refractivity (Wildman–Crippen MR) is 74.6 cm³/mol. The molecule has 4 N–H and O–H groups in total. The Bertz CT molecular complexity index is 701. The van der Waals surface area contributed by atoms with Crippen LogP contribution >= 0.6 is 0 Å². The van der Waals surface area contributed by atoms with Crippen molar-refractivity contribution in [2.45, 2.75) is 13.5 Å². The van der Waals surface area contributed by atoms with E-state index in [1.165, 1.54) is 11.1 Å². The third kappa shape index (κ3) is 2.33. The summed E-state index contributed by atoms with van der Waals surface area (Å²) in [6.45, 7) is 2.74. The van der Waals surface area contributed by atoms with Gasteiger partial charge < -0.3 is 16.0 Å². The molecule has 2 heterocycles. The third-order valence-electron chi connectivity index (χ3n) is 2.88. The second-order valence-corrected chi connectivity index (χ2v) is 4.37. The summed E-state index contributed by atoms with van der Waals surface area (Å²) in [5.74, 6) is 0.881. The van der Waals surface area contributed by atoms with Gasteiger partial charge in [0.2, 0.25) is 5.95 Å². The molecule has 0 bridgehead atoms. The van der Waals surface area contributed by atoms with Gasteiger partial charge in [-0.15, -0.1) is 0 Å². The number of nitrogens with two attached hydrogens (primary N) is 1. The predicted octanol–water partition coefficient (Wildman–Crippen LogP) is 1.86. The molecule has 0 radical (unpaired) electrons. The smallest absolute Gasteiger partial charge is 0.224 e. The highest BCUT2D eigenvalue weighted by atomic mass is 15.1. The molecule has 0 saturated heterocycles. The standard InChI is InChI=1S/C13H14N6/c1-8-2-4-9(5-3-8)6-15-11-10-12(17-7-16-10)19-13(14)18-11/h2-5,7H,6H2,1H3,(H4,14,15,16,17,18,19). The molecule has 0 atom stereocenters. The van der Waals surface area contributed by atoms with Crippen molar-refractivity contribution in [1.29, 1.82) is 0 Å². The summed E-state index contributed by atoms with van der Waals surface area (Å²) in [6.07, 6.45) is 1.58. The maximum Gasteiger partial charge on any atom is 0.224 e. The van der Waals surface area contributed by atoms with Crippen molar-refractivity contribution in [3.8, 4) is 0 Å². The Morgan fingerprint density at radius 2 is 2.00 bits per heavy atom. The lowest BCUT2D eigenvalue weighted by Gasteiger charge is -2.07. The van der Waals surface area contributed by atoms with Crippen LogP contribution in [0.15, 0.2) is 30.6 Å². The average molecular weight is 254 g/mol. The van der Waals surface area contributed by atoms with Crippen molar-refractivity contribution in [2.24, 2.45) is 0 Å². The molecule has 0 aliphatic heterocycles. The highest BCUT2D eigenvalue weighted by Crippen LogP contribution is 2.18. The van der Waals surface area contributed by atoms with Crippen LogP contribution in [0.4, 0.5) is 11.8 Å². The zero-order valence-corrected chi connectivity index (χ0v) is 10.5. The summed E-state index contributed by atoms with van der Waals surface area (Å²) < 4.78 is 0. The SMILES string of the molecule is Cc1ccc(CNc2nc(N)nc3nc[nH]c23)cc1. The van der Waals surface area contributed by atoms with E-state index < -0.39 is 0 Å². The topological polar surface area (TPSA) is 92.5 Å². The first-order valence-electron chi connectivity index (χ1n) is 5.98. The van der Waals surface area contributed by atoms with Crippen LogP contribution < -0.4 is 11.1 Å². The number of hydrogen-bond donors (Lipinski definition) is 3. The van der Waals surface area contributed by atoms with Crippen molar-refractivity contribution in [1.82, 2.24) is 19.9 Å². The minimum atomic E-state index is 0.214. The van der Waals surface area contributed by atoms with Crippen molar-refractivity contribution < 1.29 is 0 Å². The Kier molecular flexibility index (Phi) is 2.75. The number of aryl methyl sites for hydroxylation is 1. The molecule has 0 spiro atoms. The molecular weight excluding hydrogens is 240 g/mol. The number of nitrogens with one attached hydrogen (secondary N) is 2. The zero-order valence-electron chi connectivity index (χ0n) is 10.5. The van der Waals surface area contributed by atoms with Gasteiger partial charge in [0.05, 0.1) is 6.33 Å². The lowest BCUT2D eigenvalue weighted by Crippen LogP contribution is -2.05. The van der Waals surface area contributed by atoms with Gasteiger partial charge >= 0.3 is 0 Å². The number of aromatic amines is 1. The molecule has 0 unspecified atom stereocenters. The summed E-state index contributed by atoms with van der Waals surface area (Å²) in [5.41, 5.74) is 9.41. The van der Waals surface area contributed by atoms with Crippen LogP contribution in [0.2, 0.25) is 0 Å². The highest BCUT2D eigenvalue weighted by molar-refractivity contribution is 5.83. The van der Waals surface area contributed by atoms with E-state index in [4.69, 9.17) is 5.73 Å². The summed E-state index contributed by atoms with van der Waals surface area (Å²) >= 11 is 0. The molecule has 1 aromatic carbocycles. The van der Waals surface area contributed by atoms with Gasteiger partial charge in [0.15, 0.2) is 11.5 Å². The lowest BCUT2D eigenvalue weighted by atomic mass is 10.1. The number of H-pyrrole nitrogens is 1. The van der Waals surface area contributed by atoms with E-state index in [1.54, 1.807) is 6.33 Å². The molecule has 96 valence electrons. The first-order valence-corrected chi connectivity index (χ1v) is 5.98. The Hall–Kier alpha value is -2.63. The highest BCUT2D eigenvalue weighted by Gasteiger charge is 2.07. The number of rotatable bonds is 3. The minimum absolute atomic E-state index is 0.214. The number of imidazole rings is 1. The van der Waals surface area contributed by atoms with E-state index in [1.807, 2.05) is 0 Å². The van der Waals surface area contributed by atoms with Crippen LogP contribution in [-0.4, -0.2) is 19.9 Å². The fourth-order valence-electron chi connectivity index (χ4n) is 1.87. The molecular formula is C13H14N6. The fraction of sp³-hybridized carbons (Fsp3) is 0.154. The van der Waals surface area contributed by atoms with Crippen molar-refractivity contribution in [2.75, 3.05) is 11.1 Å². The van der Waals surface area contributed by atoms with E-state index in [-0.39, 0.29) is 5.95 Å². The number of hydrogen-bond acceptors (Lipinski definition) is 5. The number of benzene rings is 1. The van der Waals surface area contributed by atoms with Gasteiger partial charge in [-0.1, -0.05) is 29.8 Å². The quantitative estimate of drug-likeness (QED) is 0.663. The first-order chi connectivity index (χ1) is 9.22. The van der Waals surface area contributed by atoms with Crippen molar-refractivity contribution >= 4 is 22.9 Å². The second-order valence-electron chi connectivity index (χ2n) is 4.37. The van der Waals surface area contributed by atoms with E-state index in [0.29, 0.717) is 18.0 Å². The zero-order chi connectivity index (χ0) is 13.2. The van der Waals surface area contributed by atoms with Crippen LogP contribution in [-0.2, 0) is 6.54 Å². The number of fused-ring (bicyclic) bond motifs is 1. The molecule has 0 aliphatic carbocycles. The first kappa shape index (κ1) is 11.5. The Balaban J connectivity index is 1.85. The van der Waals surface area contributed by atoms with Gasteiger partial charge in [-0.25, -0.2) is 4.98 Å². The summed E-state index contributed by atoms with van der Waals surface area (Å²) in [4.78, 5) is 15.3. The maximum atomic E-state index is 5.66. The number of nitrogens with zero attached hydrogens (tertiary/aromatic N) is 3. The fourth-order valence-corrected chi connectivity index (χ4v) is 1.87. The molecule has 0 amide bonds. The number of aromatic nitrogens is 4. The number of anilines is 2. The van der Waals surface area contributed by atoms with Crippen LogP contribution in [0.5, 0.6) is 0 Å². The Morgan fingerprint density at radius 3 is 2.79 bits per heavy atom. The molecule has 6 nitrogen and oxygen atoms in total. The second kappa shape index (κ2) is 4.56. The molecule has 19 heavy (non-hydrogen) atoms.